The summed E-state index contributed by atoms with van der Waals surface area (Å²) in [4.78, 5) is 0. The van der Waals surface area contributed by atoms with Crippen LogP contribution in [0.5, 0.6) is 5.75 Å². The lowest BCUT2D eigenvalue weighted by molar-refractivity contribution is -0.0508. The molecular weight excluding hydrogens is 226 g/mol. The molecule has 1 aromatic rings. The van der Waals surface area contributed by atoms with E-state index in [1.807, 2.05) is 12.1 Å². The summed E-state index contributed by atoms with van der Waals surface area (Å²) >= 11 is 0. The molecule has 1 aliphatic heterocycles. The van der Waals surface area contributed by atoms with Gasteiger partial charge >= 0.3 is 6.61 Å². The standard InChI is InChI=1S/C12H16F2N2O/c13-12(14)17-11-6-2-1-5-10(11)9-4-3-7-16(15)8-9/h1-2,5-6,9,12H,3-4,7-8,15H2. The van der Waals surface area contributed by atoms with Gasteiger partial charge in [0.25, 0.3) is 0 Å². The summed E-state index contributed by atoms with van der Waals surface area (Å²) in [5.41, 5.74) is 0.822. The van der Waals surface area contributed by atoms with Crippen molar-refractivity contribution < 1.29 is 13.5 Å². The minimum Gasteiger partial charge on any atom is -0.435 e. The van der Waals surface area contributed by atoms with Crippen LogP contribution >= 0.6 is 0 Å². The second-order valence-corrected chi connectivity index (χ2v) is 4.25. The van der Waals surface area contributed by atoms with E-state index >= 15 is 0 Å². The fourth-order valence-corrected chi connectivity index (χ4v) is 2.28. The summed E-state index contributed by atoms with van der Waals surface area (Å²) in [5.74, 6) is 6.19. The van der Waals surface area contributed by atoms with Gasteiger partial charge in [-0.1, -0.05) is 18.2 Å². The molecule has 1 unspecified atom stereocenters. The third-order valence-electron chi connectivity index (χ3n) is 3.03. The van der Waals surface area contributed by atoms with Crippen molar-refractivity contribution in [1.29, 1.82) is 0 Å². The highest BCUT2D eigenvalue weighted by atomic mass is 19.3. The molecule has 2 N–H and O–H groups in total. The van der Waals surface area contributed by atoms with Crippen LogP contribution in [-0.4, -0.2) is 24.7 Å². The van der Waals surface area contributed by atoms with Gasteiger partial charge in [-0.15, -0.1) is 0 Å². The highest BCUT2D eigenvalue weighted by Crippen LogP contribution is 2.33. The SMILES string of the molecule is NN1CCCC(c2ccccc2OC(F)F)C1. The molecule has 0 aromatic heterocycles. The molecule has 0 radical (unpaired) electrons. The molecule has 1 fully saturated rings. The fourth-order valence-electron chi connectivity index (χ4n) is 2.28. The van der Waals surface area contributed by atoms with Gasteiger partial charge in [-0.3, -0.25) is 5.84 Å². The lowest BCUT2D eigenvalue weighted by Gasteiger charge is -2.30. The number of alkyl halides is 2. The lowest BCUT2D eigenvalue weighted by Crippen LogP contribution is -2.39. The van der Waals surface area contributed by atoms with Gasteiger partial charge in [-0.05, 0) is 24.5 Å². The molecule has 1 saturated heterocycles. The zero-order valence-electron chi connectivity index (χ0n) is 9.48. The number of hydrogen-bond acceptors (Lipinski definition) is 3. The number of nitrogens with two attached hydrogens (primary N) is 1. The molecule has 0 aliphatic carbocycles. The van der Waals surface area contributed by atoms with E-state index in [4.69, 9.17) is 5.84 Å². The third kappa shape index (κ3) is 3.14. The number of para-hydroxylation sites is 1. The van der Waals surface area contributed by atoms with Crippen LogP contribution < -0.4 is 10.6 Å². The van der Waals surface area contributed by atoms with Gasteiger partial charge in [0.2, 0.25) is 0 Å². The topological polar surface area (TPSA) is 38.5 Å². The molecule has 0 bridgehead atoms. The number of piperidine rings is 1. The molecule has 94 valence electrons. The Bertz CT molecular complexity index is 373. The first-order chi connectivity index (χ1) is 8.16. The van der Waals surface area contributed by atoms with Gasteiger partial charge in [0.15, 0.2) is 0 Å². The Morgan fingerprint density at radius 3 is 2.82 bits per heavy atom. The Morgan fingerprint density at radius 2 is 2.12 bits per heavy atom. The normalized spacial score (nSPS) is 21.8. The molecule has 17 heavy (non-hydrogen) atoms. The van der Waals surface area contributed by atoms with Crippen molar-refractivity contribution in [3.63, 3.8) is 0 Å². The Labute approximate surface area is 99.1 Å². The van der Waals surface area contributed by atoms with E-state index in [9.17, 15) is 8.78 Å². The van der Waals surface area contributed by atoms with Crippen molar-refractivity contribution in [2.45, 2.75) is 25.4 Å². The number of hydrogen-bond donors (Lipinski definition) is 1. The molecule has 0 saturated carbocycles. The van der Waals surface area contributed by atoms with E-state index in [0.717, 1.165) is 24.9 Å². The maximum absolute atomic E-state index is 12.3. The van der Waals surface area contributed by atoms with Crippen LogP contribution in [0.1, 0.15) is 24.3 Å². The lowest BCUT2D eigenvalue weighted by atomic mass is 9.91. The van der Waals surface area contributed by atoms with Crippen molar-refractivity contribution in [3.8, 4) is 5.75 Å². The van der Waals surface area contributed by atoms with Gasteiger partial charge in [-0.25, -0.2) is 5.01 Å². The summed E-state index contributed by atoms with van der Waals surface area (Å²) in [6.07, 6.45) is 1.93. The average Bonchev–Trinajstić information content (AvgIpc) is 2.29. The zero-order chi connectivity index (χ0) is 12.3. The first kappa shape index (κ1) is 12.3. The highest BCUT2D eigenvalue weighted by Gasteiger charge is 2.22. The molecule has 0 spiro atoms. The quantitative estimate of drug-likeness (QED) is 0.827. The molecule has 1 aromatic carbocycles. The Kier molecular flexibility index (Phi) is 3.91. The van der Waals surface area contributed by atoms with E-state index in [1.54, 1.807) is 17.1 Å². The maximum atomic E-state index is 12.3. The van der Waals surface area contributed by atoms with Gasteiger partial charge in [0.05, 0.1) is 0 Å². The summed E-state index contributed by atoms with van der Waals surface area (Å²) in [6.45, 7) is -1.24. The molecule has 0 amide bonds. The maximum Gasteiger partial charge on any atom is 0.387 e. The predicted molar refractivity (Wildman–Crippen MR) is 60.8 cm³/mol. The Morgan fingerprint density at radius 1 is 1.35 bits per heavy atom. The first-order valence-corrected chi connectivity index (χ1v) is 5.70. The smallest absolute Gasteiger partial charge is 0.387 e. The second kappa shape index (κ2) is 5.42. The minimum absolute atomic E-state index is 0.170. The largest absolute Gasteiger partial charge is 0.435 e. The molecular formula is C12H16F2N2O. The van der Waals surface area contributed by atoms with Crippen LogP contribution in [-0.2, 0) is 0 Å². The molecule has 2 rings (SSSR count). The number of benzene rings is 1. The molecule has 3 nitrogen and oxygen atoms in total. The van der Waals surface area contributed by atoms with Crippen LogP contribution in [0.4, 0.5) is 8.78 Å². The monoisotopic (exact) mass is 242 g/mol. The Balaban J connectivity index is 2.18. The van der Waals surface area contributed by atoms with E-state index in [0.29, 0.717) is 6.54 Å². The Hall–Kier alpha value is -1.20. The van der Waals surface area contributed by atoms with Gasteiger partial charge in [0.1, 0.15) is 5.75 Å². The zero-order valence-corrected chi connectivity index (χ0v) is 9.48. The van der Waals surface area contributed by atoms with Crippen LogP contribution in [0.25, 0.3) is 0 Å². The van der Waals surface area contributed by atoms with Gasteiger partial charge in [-0.2, -0.15) is 8.78 Å². The third-order valence-corrected chi connectivity index (χ3v) is 3.03. The number of rotatable bonds is 3. The van der Waals surface area contributed by atoms with E-state index in [1.165, 1.54) is 0 Å². The summed E-state index contributed by atoms with van der Waals surface area (Å²) < 4.78 is 29.1. The number of hydrazine groups is 1. The van der Waals surface area contributed by atoms with E-state index in [-0.39, 0.29) is 11.7 Å². The van der Waals surface area contributed by atoms with E-state index < -0.39 is 6.61 Å². The average molecular weight is 242 g/mol. The predicted octanol–water partition coefficient (Wildman–Crippen LogP) is 2.34. The van der Waals surface area contributed by atoms with Gasteiger partial charge < -0.3 is 4.74 Å². The van der Waals surface area contributed by atoms with Crippen LogP contribution in [0.2, 0.25) is 0 Å². The first-order valence-electron chi connectivity index (χ1n) is 5.70. The van der Waals surface area contributed by atoms with Crippen LogP contribution in [0.3, 0.4) is 0 Å². The van der Waals surface area contributed by atoms with Crippen molar-refractivity contribution in [3.05, 3.63) is 29.8 Å². The summed E-state index contributed by atoms with van der Waals surface area (Å²) in [7, 11) is 0. The fraction of sp³-hybridized carbons (Fsp3) is 0.500. The van der Waals surface area contributed by atoms with Crippen LogP contribution in [0.15, 0.2) is 24.3 Å². The number of halogens is 2. The molecule has 1 aliphatic rings. The molecule has 5 heteroatoms. The van der Waals surface area contributed by atoms with Crippen molar-refractivity contribution >= 4 is 0 Å². The van der Waals surface area contributed by atoms with Gasteiger partial charge in [0, 0.05) is 19.0 Å². The van der Waals surface area contributed by atoms with Crippen LogP contribution in [0, 0.1) is 0 Å². The highest BCUT2D eigenvalue weighted by molar-refractivity contribution is 5.36. The molecule has 1 heterocycles. The number of ether oxygens (including phenoxy) is 1. The molecule has 1 atom stereocenters. The second-order valence-electron chi connectivity index (χ2n) is 4.25. The summed E-state index contributed by atoms with van der Waals surface area (Å²) in [6, 6.07) is 6.95. The van der Waals surface area contributed by atoms with E-state index in [2.05, 4.69) is 4.74 Å². The van der Waals surface area contributed by atoms with Crippen molar-refractivity contribution in [1.82, 2.24) is 5.01 Å². The summed E-state index contributed by atoms with van der Waals surface area (Å²) in [5, 5.41) is 1.73. The van der Waals surface area contributed by atoms with Crippen molar-refractivity contribution in [2.75, 3.05) is 13.1 Å². The minimum atomic E-state index is -2.78. The number of nitrogens with zero attached hydrogens (tertiary/aromatic N) is 1. The van der Waals surface area contributed by atoms with Crippen molar-refractivity contribution in [2.24, 2.45) is 5.84 Å².